The van der Waals surface area contributed by atoms with Crippen LogP contribution in [0.15, 0.2) is 95.9 Å². The number of rotatable bonds is 13. The number of aryl methyl sites for hydroxylation is 1. The molecule has 3 aliphatic heterocycles. The molecule has 9 rings (SSSR count). The molecular weight excluding hydrogens is 930 g/mol. The number of piperidine rings is 2. The summed E-state index contributed by atoms with van der Waals surface area (Å²) in [6.07, 6.45) is 8.40. The maximum absolute atomic E-state index is 13.9. The Hall–Kier alpha value is -6.09. The van der Waals surface area contributed by atoms with Crippen molar-refractivity contribution in [2.75, 3.05) is 80.6 Å². The van der Waals surface area contributed by atoms with Crippen LogP contribution in [0, 0.1) is 0 Å². The smallest absolute Gasteiger partial charge is 0.249 e. The highest BCUT2D eigenvalue weighted by atomic mass is 79.9. The summed E-state index contributed by atoms with van der Waals surface area (Å²) in [6.45, 7) is 10.7. The Morgan fingerprint density at radius 1 is 0.940 bits per heavy atom. The lowest BCUT2D eigenvalue weighted by Crippen LogP contribution is -2.56. The molecule has 348 valence electrons. The van der Waals surface area contributed by atoms with Crippen LogP contribution in [0.1, 0.15) is 44.1 Å². The van der Waals surface area contributed by atoms with Crippen molar-refractivity contribution >= 4 is 92.2 Å². The predicted octanol–water partition coefficient (Wildman–Crippen LogP) is 7.79. The summed E-state index contributed by atoms with van der Waals surface area (Å²) >= 11 is 3.69. The predicted molar refractivity (Wildman–Crippen MR) is 272 cm³/mol. The Labute approximate surface area is 400 Å². The second-order valence-corrected chi connectivity index (χ2v) is 21.0. The second-order valence-electron chi connectivity index (χ2n) is 17.9. The first-order valence-electron chi connectivity index (χ1n) is 22.8. The zero-order valence-corrected chi connectivity index (χ0v) is 41.0. The molecule has 2 aromatic heterocycles. The summed E-state index contributed by atoms with van der Waals surface area (Å²) in [7, 11) is 3.15. The Morgan fingerprint density at radius 3 is 2.45 bits per heavy atom. The van der Waals surface area contributed by atoms with Crippen molar-refractivity contribution in [2.45, 2.75) is 50.6 Å². The molecule has 4 N–H and O–H groups in total. The maximum atomic E-state index is 13.9. The summed E-state index contributed by atoms with van der Waals surface area (Å²) < 4.78 is 8.58. The second kappa shape index (κ2) is 20.0. The van der Waals surface area contributed by atoms with E-state index >= 15 is 0 Å². The number of methoxy groups -OCH3 is 1. The SMILES string of the molecule is COc1cc(N2CCN(C(=O)CN3CCC(c4ccc(NC5CCC(=O)NC5=O)cc4)CC3)C(C)C2)c(-c2cnn(C)c2)cc1Nc1ncc(Br)c(Nc2ccc3ccccc3c2P(C)C)n1. The number of benzene rings is 4. The molecule has 3 amide bonds. The zero-order chi connectivity index (χ0) is 46.8. The summed E-state index contributed by atoms with van der Waals surface area (Å²) in [5.41, 5.74) is 6.77. The van der Waals surface area contributed by atoms with Gasteiger partial charge in [0.05, 0.1) is 30.0 Å². The molecule has 2 unspecified atom stereocenters. The van der Waals surface area contributed by atoms with E-state index in [1.807, 2.05) is 36.5 Å². The van der Waals surface area contributed by atoms with Crippen molar-refractivity contribution in [3.05, 3.63) is 101 Å². The van der Waals surface area contributed by atoms with E-state index in [2.05, 4.69) is 138 Å². The number of hydrogen-bond acceptors (Lipinski definition) is 12. The van der Waals surface area contributed by atoms with Crippen LogP contribution in [0.4, 0.5) is 34.5 Å². The fourth-order valence-corrected chi connectivity index (χ4v) is 11.2. The van der Waals surface area contributed by atoms with E-state index in [9.17, 15) is 14.4 Å². The molecule has 4 aromatic carbocycles. The van der Waals surface area contributed by atoms with Gasteiger partial charge >= 0.3 is 0 Å². The summed E-state index contributed by atoms with van der Waals surface area (Å²) in [5, 5.41) is 21.0. The Bertz CT molecular complexity index is 2800. The Balaban J connectivity index is 0.852. The van der Waals surface area contributed by atoms with Crippen molar-refractivity contribution < 1.29 is 19.1 Å². The molecule has 3 fully saturated rings. The topological polar surface area (TPSA) is 162 Å². The third-order valence-electron chi connectivity index (χ3n) is 13.1. The van der Waals surface area contributed by atoms with Gasteiger partial charge in [0.2, 0.25) is 23.7 Å². The highest BCUT2D eigenvalue weighted by Gasteiger charge is 2.32. The lowest BCUT2D eigenvalue weighted by molar-refractivity contribution is -0.135. The third kappa shape index (κ3) is 10.3. The first-order chi connectivity index (χ1) is 32.4. The van der Waals surface area contributed by atoms with E-state index in [4.69, 9.17) is 9.72 Å². The average molecular weight is 987 g/mol. The number of fused-ring (bicyclic) bond motifs is 1. The quantitative estimate of drug-likeness (QED) is 0.0658. The molecule has 3 aliphatic rings. The van der Waals surface area contributed by atoms with E-state index in [1.165, 1.54) is 21.6 Å². The lowest BCUT2D eigenvalue weighted by Gasteiger charge is -2.42. The van der Waals surface area contributed by atoms with Gasteiger partial charge in [0.15, 0.2) is 0 Å². The van der Waals surface area contributed by atoms with Crippen LogP contribution in [0.5, 0.6) is 5.75 Å². The number of carbonyl (C=O) groups is 3. The monoisotopic (exact) mass is 985 g/mol. The maximum Gasteiger partial charge on any atom is 0.249 e. The van der Waals surface area contributed by atoms with Crippen LogP contribution >= 0.6 is 23.9 Å². The number of piperazine rings is 1. The number of halogens is 1. The molecule has 3 saturated heterocycles. The minimum atomic E-state index is -0.434. The van der Waals surface area contributed by atoms with Gasteiger partial charge in [-0.15, -0.1) is 0 Å². The van der Waals surface area contributed by atoms with Crippen molar-refractivity contribution in [2.24, 2.45) is 7.05 Å². The van der Waals surface area contributed by atoms with Crippen LogP contribution in [-0.4, -0.2) is 119 Å². The van der Waals surface area contributed by atoms with E-state index < -0.39 is 14.0 Å². The number of anilines is 6. The van der Waals surface area contributed by atoms with E-state index in [0.717, 1.165) is 58.6 Å². The minimum Gasteiger partial charge on any atom is -0.494 e. The van der Waals surface area contributed by atoms with Gasteiger partial charge in [0.25, 0.3) is 0 Å². The molecule has 0 aliphatic carbocycles. The van der Waals surface area contributed by atoms with Gasteiger partial charge in [-0.25, -0.2) is 4.98 Å². The van der Waals surface area contributed by atoms with E-state index in [0.29, 0.717) is 68.1 Å². The number of carbonyl (C=O) groups excluding carboxylic acids is 3. The molecule has 6 aromatic rings. The zero-order valence-electron chi connectivity index (χ0n) is 38.6. The highest BCUT2D eigenvalue weighted by Crippen LogP contribution is 2.42. The lowest BCUT2D eigenvalue weighted by atomic mass is 9.89. The van der Waals surface area contributed by atoms with Crippen molar-refractivity contribution in [3.8, 4) is 16.9 Å². The van der Waals surface area contributed by atoms with Gasteiger partial charge < -0.3 is 30.5 Å². The Morgan fingerprint density at radius 2 is 1.73 bits per heavy atom. The number of nitrogens with zero attached hydrogens (tertiary/aromatic N) is 7. The van der Waals surface area contributed by atoms with Crippen LogP contribution in [-0.2, 0) is 21.4 Å². The molecule has 5 heterocycles. The van der Waals surface area contributed by atoms with Gasteiger partial charge in [-0.2, -0.15) is 10.1 Å². The number of hydrogen-bond donors (Lipinski definition) is 4. The number of aromatic nitrogens is 4. The molecule has 0 spiro atoms. The van der Waals surface area contributed by atoms with Gasteiger partial charge in [-0.3, -0.25) is 29.3 Å². The minimum absolute atomic E-state index is 0.0150. The van der Waals surface area contributed by atoms with Crippen LogP contribution in [0.2, 0.25) is 0 Å². The van der Waals surface area contributed by atoms with Gasteiger partial charge in [-0.05, 0) is 115 Å². The molecule has 2 atom stereocenters. The Kier molecular flexibility index (Phi) is 13.8. The average Bonchev–Trinajstić information content (AvgIpc) is 3.76. The van der Waals surface area contributed by atoms with E-state index in [-0.39, 0.29) is 23.8 Å². The molecule has 15 nitrogen and oxygen atoms in total. The fourth-order valence-electron chi connectivity index (χ4n) is 9.63. The van der Waals surface area contributed by atoms with Gasteiger partial charge in [0.1, 0.15) is 17.6 Å². The van der Waals surface area contributed by atoms with Crippen LogP contribution < -0.4 is 36.2 Å². The van der Waals surface area contributed by atoms with Gasteiger partial charge in [-0.1, -0.05) is 50.4 Å². The molecule has 0 radical (unpaired) electrons. The van der Waals surface area contributed by atoms with Gasteiger partial charge in [0, 0.05) is 91.1 Å². The largest absolute Gasteiger partial charge is 0.494 e. The number of imide groups is 1. The summed E-state index contributed by atoms with van der Waals surface area (Å²) in [6, 6.07) is 24.7. The third-order valence-corrected chi connectivity index (χ3v) is 15.1. The van der Waals surface area contributed by atoms with Crippen molar-refractivity contribution in [1.82, 2.24) is 34.9 Å². The van der Waals surface area contributed by atoms with Crippen molar-refractivity contribution in [3.63, 3.8) is 0 Å². The van der Waals surface area contributed by atoms with Crippen molar-refractivity contribution in [1.29, 1.82) is 0 Å². The number of amides is 3. The first-order valence-corrected chi connectivity index (χ1v) is 25.9. The van der Waals surface area contributed by atoms with Crippen LogP contribution in [0.3, 0.4) is 0 Å². The molecule has 67 heavy (non-hydrogen) atoms. The summed E-state index contributed by atoms with van der Waals surface area (Å²) in [5.74, 6) is 1.76. The normalized spacial score (nSPS) is 18.3. The fraction of sp³-hybridized carbons (Fsp3) is 0.360. The molecule has 0 bridgehead atoms. The summed E-state index contributed by atoms with van der Waals surface area (Å²) in [4.78, 5) is 53.9. The van der Waals surface area contributed by atoms with Crippen LogP contribution in [0.25, 0.3) is 21.9 Å². The molecular formula is C50H57BrN11O4P. The highest BCUT2D eigenvalue weighted by molar-refractivity contribution is 9.10. The van der Waals surface area contributed by atoms with E-state index in [1.54, 1.807) is 18.0 Å². The standard InChI is InChI=1S/C50H57BrN11O4P/c1-31-28-61(22-23-62(31)46(64)30-60-20-18-33(19-21-60)32-10-13-36(14-11-32)54-41-16-17-45(63)57-49(41)65)43-25-44(66-3)42(24-38(43)35-26-53-59(2)29-35)56-50-52-27-39(51)48(58-50)55-40-15-12-34-8-6-7-9-37(34)47(40)67(4)5/h6-15,24-27,29,31,33,41,54H,16-23,28,30H2,1-5H3,(H,57,63,65)(H2,52,55,56,58). The number of ether oxygens (including phenoxy) is 1. The number of likely N-dealkylation sites (tertiary alicyclic amines) is 1. The molecule has 17 heteroatoms. The molecule has 0 saturated carbocycles. The first kappa shape index (κ1) is 46.0. The number of nitrogens with one attached hydrogen (secondary N) is 4.